The molecule has 0 aromatic heterocycles. The van der Waals surface area contributed by atoms with Crippen molar-refractivity contribution in [3.63, 3.8) is 0 Å². The molecule has 2 aromatic carbocycles. The van der Waals surface area contributed by atoms with Crippen molar-refractivity contribution in [2.75, 3.05) is 12.8 Å². The Bertz CT molecular complexity index is 529. The lowest BCUT2D eigenvalue weighted by Gasteiger charge is -2.07. The SMILES string of the molecule is COc1cccc(Oc2ccc(N)c(F)c2)c1. The number of nitrogens with two attached hydrogens (primary N) is 1. The van der Waals surface area contributed by atoms with E-state index in [0.29, 0.717) is 17.2 Å². The van der Waals surface area contributed by atoms with Crippen molar-refractivity contribution < 1.29 is 13.9 Å². The van der Waals surface area contributed by atoms with Crippen molar-refractivity contribution in [3.8, 4) is 17.2 Å². The molecule has 0 heterocycles. The van der Waals surface area contributed by atoms with Crippen LogP contribution in [-0.4, -0.2) is 7.11 Å². The highest BCUT2D eigenvalue weighted by Crippen LogP contribution is 2.26. The summed E-state index contributed by atoms with van der Waals surface area (Å²) in [5.41, 5.74) is 5.48. The van der Waals surface area contributed by atoms with Crippen LogP contribution in [0.2, 0.25) is 0 Å². The molecule has 0 aliphatic carbocycles. The predicted octanol–water partition coefficient (Wildman–Crippen LogP) is 3.21. The Morgan fingerprint density at radius 1 is 1.00 bits per heavy atom. The monoisotopic (exact) mass is 233 g/mol. The quantitative estimate of drug-likeness (QED) is 0.828. The molecular formula is C13H12FNO2. The largest absolute Gasteiger partial charge is 0.497 e. The summed E-state index contributed by atoms with van der Waals surface area (Å²) in [6.07, 6.45) is 0. The maximum absolute atomic E-state index is 13.2. The zero-order valence-corrected chi connectivity index (χ0v) is 9.31. The molecule has 2 N–H and O–H groups in total. The molecule has 0 bridgehead atoms. The Balaban J connectivity index is 2.22. The van der Waals surface area contributed by atoms with Crippen molar-refractivity contribution >= 4 is 5.69 Å². The molecule has 0 saturated heterocycles. The highest BCUT2D eigenvalue weighted by Gasteiger charge is 2.03. The molecule has 17 heavy (non-hydrogen) atoms. The minimum absolute atomic E-state index is 0.1000. The standard InChI is InChI=1S/C13H12FNO2/c1-16-9-3-2-4-10(7-9)17-11-5-6-13(15)12(14)8-11/h2-8H,15H2,1H3. The lowest BCUT2D eigenvalue weighted by atomic mass is 10.3. The lowest BCUT2D eigenvalue weighted by molar-refractivity contribution is 0.409. The molecule has 3 nitrogen and oxygen atoms in total. The first-order chi connectivity index (χ1) is 8.19. The maximum atomic E-state index is 13.2. The van der Waals surface area contributed by atoms with Crippen LogP contribution in [0.1, 0.15) is 0 Å². The van der Waals surface area contributed by atoms with E-state index in [4.69, 9.17) is 15.2 Å². The van der Waals surface area contributed by atoms with E-state index in [1.54, 1.807) is 37.4 Å². The molecule has 0 aliphatic heterocycles. The van der Waals surface area contributed by atoms with Crippen LogP contribution < -0.4 is 15.2 Å². The summed E-state index contributed by atoms with van der Waals surface area (Å²) < 4.78 is 23.7. The van der Waals surface area contributed by atoms with Crippen LogP contribution in [0.3, 0.4) is 0 Å². The van der Waals surface area contributed by atoms with Gasteiger partial charge in [0.05, 0.1) is 12.8 Å². The summed E-state index contributed by atoms with van der Waals surface area (Å²) in [5, 5.41) is 0. The summed E-state index contributed by atoms with van der Waals surface area (Å²) in [6, 6.07) is 11.4. The number of rotatable bonds is 3. The molecule has 0 fully saturated rings. The van der Waals surface area contributed by atoms with E-state index >= 15 is 0 Å². The molecule has 2 aromatic rings. The van der Waals surface area contributed by atoms with Crippen LogP contribution in [0.5, 0.6) is 17.2 Å². The van der Waals surface area contributed by atoms with Gasteiger partial charge in [0.25, 0.3) is 0 Å². The Kier molecular flexibility index (Phi) is 3.14. The van der Waals surface area contributed by atoms with Crippen LogP contribution in [0.25, 0.3) is 0 Å². The van der Waals surface area contributed by atoms with Gasteiger partial charge in [0.1, 0.15) is 23.1 Å². The summed E-state index contributed by atoms with van der Waals surface area (Å²) >= 11 is 0. The first kappa shape index (κ1) is 11.3. The van der Waals surface area contributed by atoms with Crippen LogP contribution in [0.4, 0.5) is 10.1 Å². The van der Waals surface area contributed by atoms with Gasteiger partial charge in [-0.2, -0.15) is 0 Å². The van der Waals surface area contributed by atoms with Gasteiger partial charge in [-0.1, -0.05) is 6.07 Å². The van der Waals surface area contributed by atoms with Crippen molar-refractivity contribution in [3.05, 3.63) is 48.3 Å². The summed E-state index contributed by atoms with van der Waals surface area (Å²) in [4.78, 5) is 0. The number of hydrogen-bond donors (Lipinski definition) is 1. The molecule has 0 amide bonds. The van der Waals surface area contributed by atoms with E-state index < -0.39 is 5.82 Å². The molecular weight excluding hydrogens is 221 g/mol. The molecule has 0 unspecified atom stereocenters. The van der Waals surface area contributed by atoms with Gasteiger partial charge in [-0.3, -0.25) is 0 Å². The van der Waals surface area contributed by atoms with Gasteiger partial charge in [0.15, 0.2) is 0 Å². The van der Waals surface area contributed by atoms with E-state index in [0.717, 1.165) is 0 Å². The van der Waals surface area contributed by atoms with Gasteiger partial charge in [0.2, 0.25) is 0 Å². The fourth-order valence-corrected chi connectivity index (χ4v) is 1.37. The van der Waals surface area contributed by atoms with Crippen LogP contribution >= 0.6 is 0 Å². The lowest BCUT2D eigenvalue weighted by Crippen LogP contribution is -1.91. The number of benzene rings is 2. The third-order valence-corrected chi connectivity index (χ3v) is 2.25. The first-order valence-corrected chi connectivity index (χ1v) is 5.06. The Hall–Kier alpha value is -2.23. The maximum Gasteiger partial charge on any atom is 0.149 e. The van der Waals surface area contributed by atoms with Crippen molar-refractivity contribution in [1.82, 2.24) is 0 Å². The highest BCUT2D eigenvalue weighted by molar-refractivity contribution is 5.45. The van der Waals surface area contributed by atoms with Gasteiger partial charge >= 0.3 is 0 Å². The number of hydrogen-bond acceptors (Lipinski definition) is 3. The number of anilines is 1. The summed E-state index contributed by atoms with van der Waals surface area (Å²) in [7, 11) is 1.57. The van der Waals surface area contributed by atoms with Gasteiger partial charge in [-0.25, -0.2) is 4.39 Å². The van der Waals surface area contributed by atoms with Crippen molar-refractivity contribution in [1.29, 1.82) is 0 Å². The van der Waals surface area contributed by atoms with Crippen LogP contribution in [-0.2, 0) is 0 Å². The third kappa shape index (κ3) is 2.66. The van der Waals surface area contributed by atoms with Crippen molar-refractivity contribution in [2.24, 2.45) is 0 Å². The normalized spacial score (nSPS) is 10.0. The average molecular weight is 233 g/mol. The van der Waals surface area contributed by atoms with E-state index in [1.807, 2.05) is 0 Å². The molecule has 0 spiro atoms. The minimum Gasteiger partial charge on any atom is -0.497 e. The fraction of sp³-hybridized carbons (Fsp3) is 0.0769. The molecule has 2 rings (SSSR count). The number of methoxy groups -OCH3 is 1. The van der Waals surface area contributed by atoms with E-state index in [9.17, 15) is 4.39 Å². The smallest absolute Gasteiger partial charge is 0.149 e. The number of halogens is 1. The molecule has 88 valence electrons. The van der Waals surface area contributed by atoms with E-state index in [-0.39, 0.29) is 5.69 Å². The highest BCUT2D eigenvalue weighted by atomic mass is 19.1. The Morgan fingerprint density at radius 3 is 2.41 bits per heavy atom. The van der Waals surface area contributed by atoms with Gasteiger partial charge in [-0.05, 0) is 24.3 Å². The number of ether oxygens (including phenoxy) is 2. The minimum atomic E-state index is -0.495. The second kappa shape index (κ2) is 4.74. The fourth-order valence-electron chi connectivity index (χ4n) is 1.37. The van der Waals surface area contributed by atoms with Crippen molar-refractivity contribution in [2.45, 2.75) is 0 Å². The average Bonchev–Trinajstić information content (AvgIpc) is 2.34. The number of nitrogen functional groups attached to an aromatic ring is 1. The Morgan fingerprint density at radius 2 is 1.71 bits per heavy atom. The zero-order chi connectivity index (χ0) is 12.3. The summed E-state index contributed by atoms with van der Waals surface area (Å²) in [5.74, 6) is 1.15. The van der Waals surface area contributed by atoms with E-state index in [1.165, 1.54) is 12.1 Å². The zero-order valence-electron chi connectivity index (χ0n) is 9.31. The first-order valence-electron chi connectivity index (χ1n) is 5.06. The van der Waals surface area contributed by atoms with Gasteiger partial charge in [-0.15, -0.1) is 0 Å². The van der Waals surface area contributed by atoms with Crippen LogP contribution in [0.15, 0.2) is 42.5 Å². The summed E-state index contributed by atoms with van der Waals surface area (Å²) in [6.45, 7) is 0. The van der Waals surface area contributed by atoms with Crippen LogP contribution in [0, 0.1) is 5.82 Å². The second-order valence-corrected chi connectivity index (χ2v) is 3.46. The molecule has 0 aliphatic rings. The topological polar surface area (TPSA) is 44.5 Å². The third-order valence-electron chi connectivity index (χ3n) is 2.25. The molecule has 0 radical (unpaired) electrons. The van der Waals surface area contributed by atoms with Gasteiger partial charge in [0, 0.05) is 12.1 Å². The van der Waals surface area contributed by atoms with Gasteiger partial charge < -0.3 is 15.2 Å². The predicted molar refractivity (Wildman–Crippen MR) is 63.9 cm³/mol. The molecule has 4 heteroatoms. The molecule has 0 saturated carbocycles. The van der Waals surface area contributed by atoms with E-state index in [2.05, 4.69) is 0 Å². The molecule has 0 atom stereocenters. The second-order valence-electron chi connectivity index (χ2n) is 3.46. The Labute approximate surface area is 98.6 Å².